The Hall–Kier alpha value is -0.610. The molecule has 0 saturated carbocycles. The molecular weight excluding hydrogens is 182 g/mol. The third-order valence-electron chi connectivity index (χ3n) is 2.38. The highest BCUT2D eigenvalue weighted by Gasteiger charge is 2.18. The van der Waals surface area contributed by atoms with Crippen LogP contribution >= 0.6 is 0 Å². The summed E-state index contributed by atoms with van der Waals surface area (Å²) in [6.45, 7) is 4.83. The lowest BCUT2D eigenvalue weighted by molar-refractivity contribution is -0.145. The van der Waals surface area contributed by atoms with Gasteiger partial charge in [-0.15, -0.1) is 0 Å². The molecule has 0 aliphatic carbocycles. The van der Waals surface area contributed by atoms with Gasteiger partial charge in [0.25, 0.3) is 0 Å². The average molecular weight is 201 g/mol. The summed E-state index contributed by atoms with van der Waals surface area (Å²) in [6, 6.07) is 0. The maximum atomic E-state index is 11.0. The van der Waals surface area contributed by atoms with Crippen LogP contribution in [0.5, 0.6) is 0 Å². The number of hydrogen-bond donors (Lipinski definition) is 1. The van der Waals surface area contributed by atoms with Crippen LogP contribution < -0.4 is 0 Å². The summed E-state index contributed by atoms with van der Waals surface area (Å²) < 4.78 is 4.76. The van der Waals surface area contributed by atoms with E-state index in [0.717, 1.165) is 13.1 Å². The smallest absolute Gasteiger partial charge is 0.308 e. The quantitative estimate of drug-likeness (QED) is 0.654. The standard InChI is InChI=1S/C10H19NO3/c1-2-14-10(13)7-9(12)8-11-5-3-4-6-11/h9,12H,2-8H2,1H3. The van der Waals surface area contributed by atoms with Gasteiger partial charge in [0.15, 0.2) is 0 Å². The molecule has 1 atom stereocenters. The van der Waals surface area contributed by atoms with Crippen LogP contribution in [0.4, 0.5) is 0 Å². The summed E-state index contributed by atoms with van der Waals surface area (Å²) in [7, 11) is 0. The van der Waals surface area contributed by atoms with E-state index in [4.69, 9.17) is 4.74 Å². The normalized spacial score (nSPS) is 19.6. The monoisotopic (exact) mass is 201 g/mol. The van der Waals surface area contributed by atoms with Gasteiger partial charge in [0, 0.05) is 6.54 Å². The molecular formula is C10H19NO3. The SMILES string of the molecule is CCOC(=O)CC(O)CN1CCCC1. The molecule has 0 aromatic carbocycles. The van der Waals surface area contributed by atoms with Crippen LogP contribution in [0.3, 0.4) is 0 Å². The lowest BCUT2D eigenvalue weighted by Gasteiger charge is -2.18. The number of hydrogen-bond acceptors (Lipinski definition) is 4. The van der Waals surface area contributed by atoms with Gasteiger partial charge in [0.1, 0.15) is 0 Å². The van der Waals surface area contributed by atoms with Crippen molar-refractivity contribution in [3.8, 4) is 0 Å². The molecule has 1 aliphatic heterocycles. The average Bonchev–Trinajstić information content (AvgIpc) is 2.56. The number of nitrogens with zero attached hydrogens (tertiary/aromatic N) is 1. The Balaban J connectivity index is 2.14. The number of aliphatic hydroxyl groups excluding tert-OH is 1. The second-order valence-corrected chi connectivity index (χ2v) is 3.67. The lowest BCUT2D eigenvalue weighted by Crippen LogP contribution is -2.31. The Morgan fingerprint density at radius 3 is 2.71 bits per heavy atom. The number of esters is 1. The molecule has 4 nitrogen and oxygen atoms in total. The van der Waals surface area contributed by atoms with E-state index in [1.807, 2.05) is 0 Å². The molecule has 0 aromatic heterocycles. The predicted octanol–water partition coefficient (Wildman–Crippen LogP) is 0.396. The Kier molecular flexibility index (Phi) is 4.90. The number of aliphatic hydroxyl groups is 1. The van der Waals surface area contributed by atoms with Crippen molar-refractivity contribution in [1.82, 2.24) is 4.90 Å². The third kappa shape index (κ3) is 4.07. The molecule has 0 amide bonds. The van der Waals surface area contributed by atoms with E-state index in [2.05, 4.69) is 4.90 Å². The second-order valence-electron chi connectivity index (χ2n) is 3.67. The van der Waals surface area contributed by atoms with Crippen molar-refractivity contribution < 1.29 is 14.6 Å². The first-order valence-electron chi connectivity index (χ1n) is 5.28. The summed E-state index contributed by atoms with van der Waals surface area (Å²) in [5.74, 6) is -0.306. The van der Waals surface area contributed by atoms with E-state index in [1.165, 1.54) is 12.8 Å². The fraction of sp³-hybridized carbons (Fsp3) is 0.900. The minimum absolute atomic E-state index is 0.115. The van der Waals surface area contributed by atoms with E-state index in [1.54, 1.807) is 6.92 Å². The Morgan fingerprint density at radius 1 is 1.50 bits per heavy atom. The van der Waals surface area contributed by atoms with Crippen molar-refractivity contribution in [2.75, 3.05) is 26.2 Å². The molecule has 1 heterocycles. The van der Waals surface area contributed by atoms with Gasteiger partial charge >= 0.3 is 5.97 Å². The molecule has 1 fully saturated rings. The van der Waals surface area contributed by atoms with E-state index in [-0.39, 0.29) is 12.4 Å². The summed E-state index contributed by atoms with van der Waals surface area (Å²) >= 11 is 0. The van der Waals surface area contributed by atoms with Crippen LogP contribution in [-0.2, 0) is 9.53 Å². The number of carbonyl (C=O) groups excluding carboxylic acids is 1. The minimum atomic E-state index is -0.577. The third-order valence-corrected chi connectivity index (χ3v) is 2.38. The number of ether oxygens (including phenoxy) is 1. The number of likely N-dealkylation sites (tertiary alicyclic amines) is 1. The minimum Gasteiger partial charge on any atom is -0.466 e. The van der Waals surface area contributed by atoms with Gasteiger partial charge in [0.2, 0.25) is 0 Å². The molecule has 14 heavy (non-hydrogen) atoms. The van der Waals surface area contributed by atoms with Crippen LogP contribution in [0, 0.1) is 0 Å². The van der Waals surface area contributed by atoms with E-state index in [9.17, 15) is 9.90 Å². The van der Waals surface area contributed by atoms with Crippen LogP contribution in [0.2, 0.25) is 0 Å². The molecule has 0 spiro atoms. The Morgan fingerprint density at radius 2 is 2.14 bits per heavy atom. The highest BCUT2D eigenvalue weighted by molar-refractivity contribution is 5.69. The molecule has 1 N–H and O–H groups in total. The highest BCUT2D eigenvalue weighted by Crippen LogP contribution is 2.08. The summed E-state index contributed by atoms with van der Waals surface area (Å²) in [6.07, 6.45) is 1.94. The Bertz CT molecular complexity index is 178. The lowest BCUT2D eigenvalue weighted by atomic mass is 10.2. The van der Waals surface area contributed by atoms with E-state index < -0.39 is 6.10 Å². The molecule has 82 valence electrons. The first-order valence-corrected chi connectivity index (χ1v) is 5.28. The second kappa shape index (κ2) is 5.98. The predicted molar refractivity (Wildman–Crippen MR) is 52.9 cm³/mol. The highest BCUT2D eigenvalue weighted by atomic mass is 16.5. The first-order chi connectivity index (χ1) is 6.72. The van der Waals surface area contributed by atoms with Crippen LogP contribution in [0.25, 0.3) is 0 Å². The van der Waals surface area contributed by atoms with Gasteiger partial charge in [0.05, 0.1) is 19.1 Å². The fourth-order valence-electron chi connectivity index (χ4n) is 1.74. The fourth-order valence-corrected chi connectivity index (χ4v) is 1.74. The van der Waals surface area contributed by atoms with Crippen molar-refractivity contribution in [3.63, 3.8) is 0 Å². The van der Waals surface area contributed by atoms with Crippen molar-refractivity contribution in [3.05, 3.63) is 0 Å². The summed E-state index contributed by atoms with van der Waals surface area (Å²) in [4.78, 5) is 13.2. The molecule has 4 heteroatoms. The maximum absolute atomic E-state index is 11.0. The van der Waals surface area contributed by atoms with Crippen LogP contribution in [0.15, 0.2) is 0 Å². The molecule has 0 aromatic rings. The van der Waals surface area contributed by atoms with Gasteiger partial charge in [-0.1, -0.05) is 0 Å². The van der Waals surface area contributed by atoms with Crippen molar-refractivity contribution in [2.45, 2.75) is 32.3 Å². The maximum Gasteiger partial charge on any atom is 0.308 e. The molecule has 1 rings (SSSR count). The van der Waals surface area contributed by atoms with Crippen molar-refractivity contribution in [1.29, 1.82) is 0 Å². The molecule has 0 bridgehead atoms. The number of rotatable bonds is 5. The van der Waals surface area contributed by atoms with Gasteiger partial charge in [-0.3, -0.25) is 4.79 Å². The van der Waals surface area contributed by atoms with Gasteiger partial charge in [-0.05, 0) is 32.9 Å². The van der Waals surface area contributed by atoms with Gasteiger partial charge in [-0.2, -0.15) is 0 Å². The van der Waals surface area contributed by atoms with Gasteiger partial charge < -0.3 is 14.7 Å². The van der Waals surface area contributed by atoms with Crippen LogP contribution in [0.1, 0.15) is 26.2 Å². The number of β-amino-alcohol motifs (C(OH)–C–C–N with tert-alkyl or cyclic N) is 1. The van der Waals surface area contributed by atoms with E-state index >= 15 is 0 Å². The molecule has 1 saturated heterocycles. The summed E-state index contributed by atoms with van der Waals surface area (Å²) in [5, 5.41) is 9.56. The zero-order valence-electron chi connectivity index (χ0n) is 8.74. The molecule has 0 radical (unpaired) electrons. The van der Waals surface area contributed by atoms with Gasteiger partial charge in [-0.25, -0.2) is 0 Å². The molecule has 1 aliphatic rings. The van der Waals surface area contributed by atoms with Crippen molar-refractivity contribution >= 4 is 5.97 Å². The largest absolute Gasteiger partial charge is 0.466 e. The zero-order valence-corrected chi connectivity index (χ0v) is 8.74. The summed E-state index contributed by atoms with van der Waals surface area (Å²) in [5.41, 5.74) is 0. The van der Waals surface area contributed by atoms with Crippen molar-refractivity contribution in [2.24, 2.45) is 0 Å². The molecule has 1 unspecified atom stereocenters. The van der Waals surface area contributed by atoms with Crippen LogP contribution in [-0.4, -0.2) is 48.3 Å². The topological polar surface area (TPSA) is 49.8 Å². The number of carbonyl (C=O) groups is 1. The van der Waals surface area contributed by atoms with E-state index in [0.29, 0.717) is 13.2 Å². The first kappa shape index (κ1) is 11.5. The Labute approximate surface area is 84.8 Å². The zero-order chi connectivity index (χ0) is 10.4.